The van der Waals surface area contributed by atoms with Gasteiger partial charge in [0.25, 0.3) is 0 Å². The molecule has 0 N–H and O–H groups in total. The number of rotatable bonds is 3. The first kappa shape index (κ1) is 14.0. The van der Waals surface area contributed by atoms with Crippen LogP contribution >= 0.6 is 0 Å². The lowest BCUT2D eigenvalue weighted by atomic mass is 10.1. The molecule has 0 spiro atoms. The molecule has 0 radical (unpaired) electrons. The molecule has 0 aromatic heterocycles. The number of nitrogens with zero attached hydrogens (tertiary/aromatic N) is 2. The van der Waals surface area contributed by atoms with Crippen LogP contribution in [0.15, 0.2) is 18.2 Å². The van der Waals surface area contributed by atoms with Gasteiger partial charge in [-0.05, 0) is 44.0 Å². The second-order valence-corrected chi connectivity index (χ2v) is 5.30. The van der Waals surface area contributed by atoms with Gasteiger partial charge >= 0.3 is 0 Å². The van der Waals surface area contributed by atoms with Gasteiger partial charge in [-0.25, -0.2) is 4.39 Å². The predicted molar refractivity (Wildman–Crippen MR) is 74.1 cm³/mol. The Morgan fingerprint density at radius 3 is 2.95 bits per heavy atom. The highest BCUT2D eigenvalue weighted by atomic mass is 19.1. The van der Waals surface area contributed by atoms with Gasteiger partial charge in [-0.1, -0.05) is 19.8 Å². The Labute approximate surface area is 114 Å². The molecule has 1 aromatic rings. The SMILES string of the molecule is CCC1CCCCCN1Cc1cc(C#N)ccc1F. The normalized spacial score (nSPS) is 20.8. The van der Waals surface area contributed by atoms with E-state index in [0.29, 0.717) is 23.7 Å². The van der Waals surface area contributed by atoms with Crippen LogP contribution in [0.4, 0.5) is 4.39 Å². The zero-order valence-corrected chi connectivity index (χ0v) is 11.5. The molecule has 1 aromatic carbocycles. The monoisotopic (exact) mass is 260 g/mol. The summed E-state index contributed by atoms with van der Waals surface area (Å²) in [5.74, 6) is -0.196. The van der Waals surface area contributed by atoms with Crippen LogP contribution in [0.3, 0.4) is 0 Å². The van der Waals surface area contributed by atoms with Crippen LogP contribution in [0.2, 0.25) is 0 Å². The zero-order chi connectivity index (χ0) is 13.7. The average Bonchev–Trinajstić information content (AvgIpc) is 2.66. The lowest BCUT2D eigenvalue weighted by Crippen LogP contribution is -2.34. The van der Waals surface area contributed by atoms with Crippen molar-refractivity contribution in [3.8, 4) is 6.07 Å². The fourth-order valence-corrected chi connectivity index (χ4v) is 2.89. The van der Waals surface area contributed by atoms with Crippen molar-refractivity contribution in [2.45, 2.75) is 51.6 Å². The Kier molecular flexibility index (Phi) is 4.93. The van der Waals surface area contributed by atoms with E-state index < -0.39 is 0 Å². The third-order valence-electron chi connectivity index (χ3n) is 4.02. The molecule has 0 saturated carbocycles. The molecule has 2 nitrogen and oxygen atoms in total. The van der Waals surface area contributed by atoms with Gasteiger partial charge in [-0.3, -0.25) is 4.90 Å². The minimum atomic E-state index is -0.196. The van der Waals surface area contributed by atoms with Crippen molar-refractivity contribution in [2.75, 3.05) is 6.54 Å². The lowest BCUT2D eigenvalue weighted by Gasteiger charge is -2.29. The van der Waals surface area contributed by atoms with E-state index in [-0.39, 0.29) is 5.82 Å². The molecule has 1 fully saturated rings. The number of benzene rings is 1. The lowest BCUT2D eigenvalue weighted by molar-refractivity contribution is 0.184. The minimum Gasteiger partial charge on any atom is -0.296 e. The predicted octanol–water partition coefficient (Wildman–Crippen LogP) is 3.85. The highest BCUT2D eigenvalue weighted by Gasteiger charge is 2.20. The number of likely N-dealkylation sites (tertiary alicyclic amines) is 1. The molecule has 1 atom stereocenters. The summed E-state index contributed by atoms with van der Waals surface area (Å²) in [5.41, 5.74) is 1.19. The van der Waals surface area contributed by atoms with Gasteiger partial charge in [0, 0.05) is 18.2 Å². The summed E-state index contributed by atoms with van der Waals surface area (Å²) in [5, 5.41) is 8.92. The molecular weight excluding hydrogens is 239 g/mol. The summed E-state index contributed by atoms with van der Waals surface area (Å²) in [6.07, 6.45) is 6.05. The number of hydrogen-bond donors (Lipinski definition) is 0. The summed E-state index contributed by atoms with van der Waals surface area (Å²) in [7, 11) is 0. The van der Waals surface area contributed by atoms with Crippen molar-refractivity contribution in [3.63, 3.8) is 0 Å². The van der Waals surface area contributed by atoms with Crippen molar-refractivity contribution >= 4 is 0 Å². The molecule has 2 rings (SSSR count). The first-order valence-electron chi connectivity index (χ1n) is 7.17. The van der Waals surface area contributed by atoms with E-state index in [1.54, 1.807) is 12.1 Å². The van der Waals surface area contributed by atoms with Crippen LogP contribution in [0, 0.1) is 17.1 Å². The largest absolute Gasteiger partial charge is 0.296 e. The molecule has 0 aliphatic carbocycles. The Balaban J connectivity index is 2.16. The Hall–Kier alpha value is -1.40. The van der Waals surface area contributed by atoms with E-state index in [9.17, 15) is 4.39 Å². The maximum absolute atomic E-state index is 13.9. The molecule has 0 amide bonds. The molecule has 1 saturated heterocycles. The molecular formula is C16H21FN2. The van der Waals surface area contributed by atoms with Gasteiger partial charge < -0.3 is 0 Å². The third-order valence-corrected chi connectivity index (χ3v) is 4.02. The standard InChI is InChI=1S/C16H21FN2/c1-2-15-6-4-3-5-9-19(15)12-14-10-13(11-18)7-8-16(14)17/h7-8,10,15H,2-6,9,12H2,1H3. The molecule has 3 heteroatoms. The number of halogens is 1. The van der Waals surface area contributed by atoms with Gasteiger partial charge in [-0.2, -0.15) is 5.26 Å². The topological polar surface area (TPSA) is 27.0 Å². The molecule has 19 heavy (non-hydrogen) atoms. The van der Waals surface area contributed by atoms with E-state index in [4.69, 9.17) is 5.26 Å². The Morgan fingerprint density at radius 1 is 1.37 bits per heavy atom. The van der Waals surface area contributed by atoms with Crippen molar-refractivity contribution < 1.29 is 4.39 Å². The Bertz CT molecular complexity index is 464. The van der Waals surface area contributed by atoms with Crippen LogP contribution in [-0.4, -0.2) is 17.5 Å². The number of hydrogen-bond acceptors (Lipinski definition) is 2. The van der Waals surface area contributed by atoms with Crippen LogP contribution in [-0.2, 0) is 6.54 Å². The highest BCUT2D eigenvalue weighted by Crippen LogP contribution is 2.22. The van der Waals surface area contributed by atoms with Crippen LogP contribution in [0.1, 0.15) is 50.2 Å². The van der Waals surface area contributed by atoms with E-state index in [1.165, 1.54) is 31.7 Å². The summed E-state index contributed by atoms with van der Waals surface area (Å²) in [6, 6.07) is 7.27. The molecule has 1 aliphatic heterocycles. The third kappa shape index (κ3) is 3.54. The van der Waals surface area contributed by atoms with E-state index in [1.807, 2.05) is 0 Å². The van der Waals surface area contributed by atoms with Crippen molar-refractivity contribution in [1.29, 1.82) is 5.26 Å². The summed E-state index contributed by atoms with van der Waals surface area (Å²) in [4.78, 5) is 2.38. The maximum Gasteiger partial charge on any atom is 0.127 e. The second-order valence-electron chi connectivity index (χ2n) is 5.30. The van der Waals surface area contributed by atoms with Crippen LogP contribution in [0.5, 0.6) is 0 Å². The molecule has 102 valence electrons. The van der Waals surface area contributed by atoms with Gasteiger partial charge in [0.15, 0.2) is 0 Å². The van der Waals surface area contributed by atoms with Gasteiger partial charge in [0.1, 0.15) is 5.82 Å². The minimum absolute atomic E-state index is 0.196. The zero-order valence-electron chi connectivity index (χ0n) is 11.5. The van der Waals surface area contributed by atoms with Gasteiger partial charge in [0.2, 0.25) is 0 Å². The maximum atomic E-state index is 13.9. The highest BCUT2D eigenvalue weighted by molar-refractivity contribution is 5.33. The summed E-state index contributed by atoms with van der Waals surface area (Å²) in [6.45, 7) is 3.86. The molecule has 1 aliphatic rings. The Morgan fingerprint density at radius 2 is 2.21 bits per heavy atom. The number of nitriles is 1. The molecule has 0 bridgehead atoms. The molecule has 1 unspecified atom stereocenters. The quantitative estimate of drug-likeness (QED) is 0.825. The van der Waals surface area contributed by atoms with E-state index in [2.05, 4.69) is 17.9 Å². The fraction of sp³-hybridized carbons (Fsp3) is 0.562. The summed E-state index contributed by atoms with van der Waals surface area (Å²) >= 11 is 0. The first-order valence-corrected chi connectivity index (χ1v) is 7.17. The van der Waals surface area contributed by atoms with Crippen LogP contribution in [0.25, 0.3) is 0 Å². The fourth-order valence-electron chi connectivity index (χ4n) is 2.89. The summed E-state index contributed by atoms with van der Waals surface area (Å²) < 4.78 is 13.9. The van der Waals surface area contributed by atoms with Gasteiger partial charge in [0.05, 0.1) is 11.6 Å². The van der Waals surface area contributed by atoms with Crippen molar-refractivity contribution in [1.82, 2.24) is 4.90 Å². The smallest absolute Gasteiger partial charge is 0.127 e. The second kappa shape index (κ2) is 6.68. The average molecular weight is 260 g/mol. The van der Waals surface area contributed by atoms with Crippen molar-refractivity contribution in [2.24, 2.45) is 0 Å². The van der Waals surface area contributed by atoms with E-state index >= 15 is 0 Å². The van der Waals surface area contributed by atoms with Gasteiger partial charge in [-0.15, -0.1) is 0 Å². The first-order chi connectivity index (χ1) is 9.24. The van der Waals surface area contributed by atoms with Crippen molar-refractivity contribution in [3.05, 3.63) is 35.1 Å². The van der Waals surface area contributed by atoms with Crippen LogP contribution < -0.4 is 0 Å². The van der Waals surface area contributed by atoms with E-state index in [0.717, 1.165) is 13.0 Å². The molecule has 1 heterocycles.